The maximum absolute atomic E-state index is 12.8. The summed E-state index contributed by atoms with van der Waals surface area (Å²) in [5.41, 5.74) is 6.72. The van der Waals surface area contributed by atoms with Crippen LogP contribution in [0.4, 0.5) is 11.4 Å². The van der Waals surface area contributed by atoms with Crippen molar-refractivity contribution >= 4 is 39.7 Å². The topological polar surface area (TPSA) is 80.6 Å². The van der Waals surface area contributed by atoms with Crippen LogP contribution in [0, 0.1) is 6.92 Å². The van der Waals surface area contributed by atoms with Gasteiger partial charge in [-0.2, -0.15) is 0 Å². The molecule has 0 aliphatic rings. The molecule has 0 atom stereocenters. The third kappa shape index (κ3) is 5.61. The minimum atomic E-state index is -0.282. The first-order valence-corrected chi connectivity index (χ1v) is 11.5. The van der Waals surface area contributed by atoms with Gasteiger partial charge in [0.15, 0.2) is 0 Å². The number of nitrogens with one attached hydrogen (secondary N) is 2. The Bertz CT molecular complexity index is 1410. The second-order valence-corrected chi connectivity index (χ2v) is 8.37. The summed E-state index contributed by atoms with van der Waals surface area (Å²) >= 11 is 0. The highest BCUT2D eigenvalue weighted by Gasteiger charge is 2.15. The number of rotatable bonds is 7. The molecule has 0 aliphatic heterocycles. The van der Waals surface area contributed by atoms with E-state index in [4.69, 9.17) is 9.15 Å². The van der Waals surface area contributed by atoms with Crippen LogP contribution in [0.5, 0.6) is 5.75 Å². The molecule has 0 saturated heterocycles. The van der Waals surface area contributed by atoms with Crippen LogP contribution in [0.2, 0.25) is 0 Å². The van der Waals surface area contributed by atoms with Gasteiger partial charge in [-0.25, -0.2) is 0 Å². The molecule has 0 saturated carbocycles. The Kier molecular flexibility index (Phi) is 7.01. The van der Waals surface area contributed by atoms with E-state index in [2.05, 4.69) is 41.8 Å². The molecule has 0 radical (unpaired) electrons. The molecule has 1 heterocycles. The van der Waals surface area contributed by atoms with Gasteiger partial charge in [0.2, 0.25) is 11.8 Å². The molecule has 0 bridgehead atoms. The Morgan fingerprint density at radius 2 is 1.69 bits per heavy atom. The van der Waals surface area contributed by atoms with Crippen molar-refractivity contribution in [3.05, 3.63) is 84.1 Å². The minimum Gasteiger partial charge on any atom is -0.493 e. The number of amides is 2. The zero-order chi connectivity index (χ0) is 24.9. The second kappa shape index (κ2) is 10.3. The van der Waals surface area contributed by atoms with Crippen molar-refractivity contribution in [2.45, 2.75) is 27.7 Å². The molecule has 2 amide bonds. The van der Waals surface area contributed by atoms with Crippen molar-refractivity contribution in [2.24, 2.45) is 0 Å². The van der Waals surface area contributed by atoms with E-state index in [-0.39, 0.29) is 11.8 Å². The van der Waals surface area contributed by atoms with Gasteiger partial charge in [-0.3, -0.25) is 9.59 Å². The van der Waals surface area contributed by atoms with E-state index in [1.807, 2.05) is 26.0 Å². The summed E-state index contributed by atoms with van der Waals surface area (Å²) in [7, 11) is 0. The Morgan fingerprint density at radius 3 is 2.37 bits per heavy atom. The first-order chi connectivity index (χ1) is 16.8. The van der Waals surface area contributed by atoms with Crippen LogP contribution in [-0.4, -0.2) is 18.4 Å². The fourth-order valence-electron chi connectivity index (χ4n) is 3.93. The van der Waals surface area contributed by atoms with E-state index in [9.17, 15) is 9.59 Å². The molecule has 3 aromatic carbocycles. The van der Waals surface area contributed by atoms with Crippen molar-refractivity contribution in [3.8, 4) is 16.9 Å². The minimum absolute atomic E-state index is 0.174. The number of benzene rings is 3. The lowest BCUT2D eigenvalue weighted by Crippen LogP contribution is -2.10. The third-order valence-electron chi connectivity index (χ3n) is 5.56. The third-order valence-corrected chi connectivity index (χ3v) is 5.56. The number of furan rings is 1. The van der Waals surface area contributed by atoms with Crippen molar-refractivity contribution < 1.29 is 18.7 Å². The number of anilines is 2. The van der Waals surface area contributed by atoms with Crippen LogP contribution >= 0.6 is 0 Å². The predicted octanol–water partition coefficient (Wildman–Crippen LogP) is 6.81. The maximum Gasteiger partial charge on any atom is 0.248 e. The van der Waals surface area contributed by atoms with Crippen LogP contribution < -0.4 is 15.4 Å². The van der Waals surface area contributed by atoms with E-state index in [1.165, 1.54) is 12.5 Å². The molecule has 0 spiro atoms. The molecule has 178 valence electrons. The first kappa shape index (κ1) is 23.8. The van der Waals surface area contributed by atoms with Crippen molar-refractivity contribution in [1.82, 2.24) is 0 Å². The summed E-state index contributed by atoms with van der Waals surface area (Å²) in [5.74, 6) is 0.197. The normalized spacial score (nSPS) is 11.4. The van der Waals surface area contributed by atoms with E-state index in [0.29, 0.717) is 23.7 Å². The number of allylic oxidation sites excluding steroid dienone is 1. The van der Waals surface area contributed by atoms with Crippen LogP contribution in [0.15, 0.2) is 77.4 Å². The van der Waals surface area contributed by atoms with Gasteiger partial charge in [0.25, 0.3) is 0 Å². The molecule has 2 N–H and O–H groups in total. The highest BCUT2D eigenvalue weighted by Crippen LogP contribution is 2.37. The summed E-state index contributed by atoms with van der Waals surface area (Å²) in [5, 5.41) is 6.52. The number of aryl methyl sites for hydroxylation is 1. The van der Waals surface area contributed by atoms with Gasteiger partial charge in [-0.05, 0) is 56.2 Å². The predicted molar refractivity (Wildman–Crippen MR) is 141 cm³/mol. The Morgan fingerprint density at radius 1 is 0.971 bits per heavy atom. The van der Waals surface area contributed by atoms with Gasteiger partial charge in [-0.1, -0.05) is 35.9 Å². The summed E-state index contributed by atoms with van der Waals surface area (Å²) < 4.78 is 11.7. The van der Waals surface area contributed by atoms with Crippen LogP contribution in [0.3, 0.4) is 0 Å². The average Bonchev–Trinajstić information content (AvgIpc) is 3.22. The lowest BCUT2D eigenvalue weighted by atomic mass is 9.98. The van der Waals surface area contributed by atoms with Crippen LogP contribution in [0.25, 0.3) is 27.7 Å². The lowest BCUT2D eigenvalue weighted by Gasteiger charge is -2.12. The number of hydrogen-bond donors (Lipinski definition) is 2. The summed E-state index contributed by atoms with van der Waals surface area (Å²) in [4.78, 5) is 24.1. The lowest BCUT2D eigenvalue weighted by molar-refractivity contribution is -0.114. The highest BCUT2D eigenvalue weighted by molar-refractivity contribution is 6.05. The SMILES string of the molecule is CCOc1cc2occ(-c3ccc(C)cc3)c2cc1/C(C)=C/C(=O)Nc1cccc(NC(C)=O)c1. The first-order valence-electron chi connectivity index (χ1n) is 11.5. The molecule has 0 aliphatic carbocycles. The number of hydrogen-bond acceptors (Lipinski definition) is 4. The van der Waals surface area contributed by atoms with Gasteiger partial charge in [0.05, 0.1) is 12.9 Å². The fourth-order valence-corrected chi connectivity index (χ4v) is 3.93. The van der Waals surface area contributed by atoms with Crippen LogP contribution in [-0.2, 0) is 9.59 Å². The molecule has 0 unspecified atom stereocenters. The smallest absolute Gasteiger partial charge is 0.248 e. The molecule has 1 aromatic heterocycles. The van der Waals surface area contributed by atoms with Crippen molar-refractivity contribution in [3.63, 3.8) is 0 Å². The van der Waals surface area contributed by atoms with E-state index in [1.54, 1.807) is 36.6 Å². The quantitative estimate of drug-likeness (QED) is 0.292. The fraction of sp³-hybridized carbons (Fsp3) is 0.172. The zero-order valence-electron chi connectivity index (χ0n) is 20.3. The van der Waals surface area contributed by atoms with Gasteiger partial charge in [-0.15, -0.1) is 0 Å². The number of carbonyl (C=O) groups is 2. The Balaban J connectivity index is 1.66. The molecule has 35 heavy (non-hydrogen) atoms. The molecular formula is C29H28N2O4. The second-order valence-electron chi connectivity index (χ2n) is 8.37. The van der Waals surface area contributed by atoms with Gasteiger partial charge in [0.1, 0.15) is 11.3 Å². The molecule has 0 fully saturated rings. The van der Waals surface area contributed by atoms with Crippen molar-refractivity contribution in [1.29, 1.82) is 0 Å². The standard InChI is InChI=1S/C29H28N2O4/c1-5-34-27-16-28-25(26(17-35-28)21-11-9-18(2)10-12-21)15-24(27)19(3)13-29(33)31-23-8-6-7-22(14-23)30-20(4)32/h6-17H,5H2,1-4H3,(H,30,32)(H,31,33)/b19-13+. The molecule has 4 aromatic rings. The number of carbonyl (C=O) groups excluding carboxylic acids is 2. The largest absolute Gasteiger partial charge is 0.493 e. The highest BCUT2D eigenvalue weighted by atomic mass is 16.5. The summed E-state index contributed by atoms with van der Waals surface area (Å²) in [6.07, 6.45) is 3.29. The van der Waals surface area contributed by atoms with E-state index in [0.717, 1.165) is 33.2 Å². The number of ether oxygens (including phenoxy) is 1. The van der Waals surface area contributed by atoms with Crippen LogP contribution in [0.1, 0.15) is 31.9 Å². The molecule has 6 heteroatoms. The van der Waals surface area contributed by atoms with E-state index >= 15 is 0 Å². The number of fused-ring (bicyclic) bond motifs is 1. The monoisotopic (exact) mass is 468 g/mol. The van der Waals surface area contributed by atoms with Gasteiger partial charge in [0, 0.05) is 47.0 Å². The molecule has 4 rings (SSSR count). The Labute approximate surface area is 204 Å². The Hall–Kier alpha value is -4.32. The van der Waals surface area contributed by atoms with E-state index < -0.39 is 0 Å². The average molecular weight is 469 g/mol. The zero-order valence-corrected chi connectivity index (χ0v) is 20.3. The maximum atomic E-state index is 12.8. The van der Waals surface area contributed by atoms with Gasteiger partial charge >= 0.3 is 0 Å². The van der Waals surface area contributed by atoms with Gasteiger partial charge < -0.3 is 19.8 Å². The molecule has 6 nitrogen and oxygen atoms in total. The summed E-state index contributed by atoms with van der Waals surface area (Å²) in [6.45, 7) is 7.77. The van der Waals surface area contributed by atoms with Crippen molar-refractivity contribution in [2.75, 3.05) is 17.2 Å². The summed E-state index contributed by atoms with van der Waals surface area (Å²) in [6, 6.07) is 19.2. The molecular weight excluding hydrogens is 440 g/mol.